The van der Waals surface area contributed by atoms with E-state index in [1.54, 1.807) is 0 Å². The second-order valence-electron chi connectivity index (χ2n) is 5.55. The number of hydrogen-bond acceptors (Lipinski definition) is 3. The Morgan fingerprint density at radius 2 is 1.95 bits per heavy atom. The quantitative estimate of drug-likeness (QED) is 0.765. The minimum atomic E-state index is -0.781. The van der Waals surface area contributed by atoms with Gasteiger partial charge in [0.2, 0.25) is 5.91 Å². The first-order chi connectivity index (χ1) is 8.97. The fraction of sp³-hybridized carbons (Fsp3) is 0.857. The van der Waals surface area contributed by atoms with Gasteiger partial charge in [-0.2, -0.15) is 0 Å². The Morgan fingerprint density at radius 1 is 1.32 bits per heavy atom. The molecule has 110 valence electrons. The van der Waals surface area contributed by atoms with E-state index in [1.165, 1.54) is 0 Å². The molecule has 1 amide bonds. The second-order valence-corrected chi connectivity index (χ2v) is 5.55. The molecule has 0 bridgehead atoms. The van der Waals surface area contributed by atoms with Crippen LogP contribution in [0.2, 0.25) is 0 Å². The predicted octanol–water partition coefficient (Wildman–Crippen LogP) is 1.46. The monoisotopic (exact) mass is 270 g/mol. The van der Waals surface area contributed by atoms with Crippen LogP contribution < -0.4 is 5.73 Å². The van der Waals surface area contributed by atoms with Crippen molar-refractivity contribution in [2.24, 2.45) is 17.6 Å². The molecular formula is C14H26N2O3. The fourth-order valence-corrected chi connectivity index (χ4v) is 2.86. The Bertz CT molecular complexity index is 316. The summed E-state index contributed by atoms with van der Waals surface area (Å²) < 4.78 is 0. The summed E-state index contributed by atoms with van der Waals surface area (Å²) in [5, 5.41) is 8.74. The third kappa shape index (κ3) is 4.82. The van der Waals surface area contributed by atoms with E-state index in [0.717, 1.165) is 19.3 Å². The molecule has 5 heteroatoms. The molecule has 0 aliphatic carbocycles. The van der Waals surface area contributed by atoms with Gasteiger partial charge in [-0.1, -0.05) is 13.8 Å². The minimum Gasteiger partial charge on any atom is -0.481 e. The van der Waals surface area contributed by atoms with E-state index >= 15 is 0 Å². The van der Waals surface area contributed by atoms with Gasteiger partial charge in [0.05, 0.1) is 0 Å². The van der Waals surface area contributed by atoms with Crippen molar-refractivity contribution in [1.82, 2.24) is 4.90 Å². The molecule has 3 N–H and O–H groups in total. The van der Waals surface area contributed by atoms with Crippen LogP contribution in [0.25, 0.3) is 0 Å². The summed E-state index contributed by atoms with van der Waals surface area (Å²) in [5.74, 6) is -0.305. The van der Waals surface area contributed by atoms with Crippen LogP contribution in [0.15, 0.2) is 0 Å². The number of amides is 1. The number of carbonyl (C=O) groups excluding carboxylic acids is 1. The van der Waals surface area contributed by atoms with Crippen molar-refractivity contribution >= 4 is 11.9 Å². The van der Waals surface area contributed by atoms with Crippen molar-refractivity contribution in [2.45, 2.75) is 52.0 Å². The van der Waals surface area contributed by atoms with Crippen molar-refractivity contribution in [3.63, 3.8) is 0 Å². The molecule has 1 rings (SSSR count). The van der Waals surface area contributed by atoms with E-state index in [-0.39, 0.29) is 30.2 Å². The number of nitrogens with two attached hydrogens (primary N) is 1. The second kappa shape index (κ2) is 7.48. The van der Waals surface area contributed by atoms with Crippen molar-refractivity contribution in [2.75, 3.05) is 13.1 Å². The van der Waals surface area contributed by atoms with Gasteiger partial charge in [0.15, 0.2) is 0 Å². The van der Waals surface area contributed by atoms with Crippen LogP contribution in [0.3, 0.4) is 0 Å². The first kappa shape index (κ1) is 16.0. The molecule has 1 saturated heterocycles. The third-order valence-corrected chi connectivity index (χ3v) is 3.98. The molecule has 0 aromatic carbocycles. The van der Waals surface area contributed by atoms with Gasteiger partial charge in [-0.15, -0.1) is 0 Å². The number of carbonyl (C=O) groups is 2. The lowest BCUT2D eigenvalue weighted by atomic mass is 9.89. The summed E-state index contributed by atoms with van der Waals surface area (Å²) >= 11 is 0. The molecule has 0 aromatic heterocycles. The summed E-state index contributed by atoms with van der Waals surface area (Å²) in [7, 11) is 0. The summed E-state index contributed by atoms with van der Waals surface area (Å²) in [5.41, 5.74) is 6.00. The Morgan fingerprint density at radius 3 is 2.47 bits per heavy atom. The smallest absolute Gasteiger partial charge is 0.303 e. The molecule has 0 radical (unpaired) electrons. The molecular weight excluding hydrogens is 244 g/mol. The Kier molecular flexibility index (Phi) is 6.28. The van der Waals surface area contributed by atoms with Crippen LogP contribution in [0.5, 0.6) is 0 Å². The summed E-state index contributed by atoms with van der Waals surface area (Å²) in [6.45, 7) is 5.32. The maximum atomic E-state index is 12.3. The number of aliphatic carboxylic acids is 1. The summed E-state index contributed by atoms with van der Waals surface area (Å²) in [6.07, 6.45) is 3.28. The topological polar surface area (TPSA) is 83.6 Å². The van der Waals surface area contributed by atoms with Gasteiger partial charge in [0.25, 0.3) is 0 Å². The van der Waals surface area contributed by atoms with Gasteiger partial charge in [-0.05, 0) is 31.6 Å². The minimum absolute atomic E-state index is 0.0224. The number of rotatable bonds is 6. The summed E-state index contributed by atoms with van der Waals surface area (Å²) in [6, 6.07) is -0.0224. The van der Waals surface area contributed by atoms with Gasteiger partial charge in [-0.25, -0.2) is 0 Å². The highest BCUT2D eigenvalue weighted by atomic mass is 16.4. The van der Waals surface area contributed by atoms with Crippen LogP contribution in [0.1, 0.15) is 46.0 Å². The average Bonchev–Trinajstić information content (AvgIpc) is 2.37. The van der Waals surface area contributed by atoms with Crippen molar-refractivity contribution in [3.8, 4) is 0 Å². The zero-order valence-electron chi connectivity index (χ0n) is 12.0. The number of piperidine rings is 1. The first-order valence-corrected chi connectivity index (χ1v) is 7.24. The Balaban J connectivity index is 2.58. The zero-order valence-corrected chi connectivity index (χ0v) is 12.0. The standard InChI is InChI=1S/C14H26N2O3/c1-3-11(4-2)14(19)16-8-10(5-6-13(17)18)7-12(15)9-16/h10-12H,3-9,15H2,1-2H3,(H,17,18). The highest BCUT2D eigenvalue weighted by Gasteiger charge is 2.30. The molecule has 1 aliphatic rings. The highest BCUT2D eigenvalue weighted by molar-refractivity contribution is 5.79. The van der Waals surface area contributed by atoms with E-state index < -0.39 is 5.97 Å². The van der Waals surface area contributed by atoms with E-state index in [0.29, 0.717) is 19.5 Å². The third-order valence-electron chi connectivity index (χ3n) is 3.98. The Hall–Kier alpha value is -1.10. The molecule has 1 aliphatic heterocycles. The molecule has 0 saturated carbocycles. The molecule has 2 atom stereocenters. The lowest BCUT2D eigenvalue weighted by Crippen LogP contribution is -2.51. The molecule has 19 heavy (non-hydrogen) atoms. The van der Waals surface area contributed by atoms with Crippen molar-refractivity contribution in [3.05, 3.63) is 0 Å². The van der Waals surface area contributed by atoms with Crippen LogP contribution >= 0.6 is 0 Å². The average molecular weight is 270 g/mol. The first-order valence-electron chi connectivity index (χ1n) is 7.24. The van der Waals surface area contributed by atoms with Crippen LogP contribution in [0, 0.1) is 11.8 Å². The van der Waals surface area contributed by atoms with Gasteiger partial charge in [-0.3, -0.25) is 9.59 Å². The number of hydrogen-bond donors (Lipinski definition) is 2. The van der Waals surface area contributed by atoms with Gasteiger partial charge in [0.1, 0.15) is 0 Å². The van der Waals surface area contributed by atoms with Crippen LogP contribution in [-0.2, 0) is 9.59 Å². The molecule has 1 fully saturated rings. The molecule has 0 spiro atoms. The SMILES string of the molecule is CCC(CC)C(=O)N1CC(N)CC(CCC(=O)O)C1. The molecule has 2 unspecified atom stereocenters. The fourth-order valence-electron chi connectivity index (χ4n) is 2.86. The van der Waals surface area contributed by atoms with E-state index in [2.05, 4.69) is 0 Å². The molecule has 1 heterocycles. The summed E-state index contributed by atoms with van der Waals surface area (Å²) in [4.78, 5) is 24.8. The van der Waals surface area contributed by atoms with E-state index in [1.807, 2.05) is 18.7 Å². The van der Waals surface area contributed by atoms with E-state index in [4.69, 9.17) is 10.8 Å². The lowest BCUT2D eigenvalue weighted by molar-refractivity contribution is -0.138. The van der Waals surface area contributed by atoms with Gasteiger partial charge < -0.3 is 15.7 Å². The number of carboxylic acids is 1. The number of nitrogens with zero attached hydrogens (tertiary/aromatic N) is 1. The van der Waals surface area contributed by atoms with Crippen molar-refractivity contribution < 1.29 is 14.7 Å². The predicted molar refractivity (Wildman–Crippen MR) is 73.6 cm³/mol. The maximum Gasteiger partial charge on any atom is 0.303 e. The van der Waals surface area contributed by atoms with Crippen molar-refractivity contribution in [1.29, 1.82) is 0 Å². The zero-order chi connectivity index (χ0) is 14.4. The maximum absolute atomic E-state index is 12.3. The van der Waals surface area contributed by atoms with Gasteiger partial charge in [0, 0.05) is 31.5 Å². The number of carboxylic acid groups (broad SMARTS) is 1. The van der Waals surface area contributed by atoms with Gasteiger partial charge >= 0.3 is 5.97 Å². The van der Waals surface area contributed by atoms with Crippen LogP contribution in [0.4, 0.5) is 0 Å². The molecule has 5 nitrogen and oxygen atoms in total. The van der Waals surface area contributed by atoms with Crippen LogP contribution in [-0.4, -0.2) is 41.0 Å². The normalized spacial score (nSPS) is 23.7. The largest absolute Gasteiger partial charge is 0.481 e. The van der Waals surface area contributed by atoms with E-state index in [9.17, 15) is 9.59 Å². The lowest BCUT2D eigenvalue weighted by Gasteiger charge is -2.37. The molecule has 0 aromatic rings. The number of likely N-dealkylation sites (tertiary alicyclic amines) is 1. The Labute approximate surface area is 115 Å². The highest BCUT2D eigenvalue weighted by Crippen LogP contribution is 2.23.